The third-order valence-electron chi connectivity index (χ3n) is 10.9. The number of ether oxygens (including phenoxy) is 1. The fourth-order valence-electron chi connectivity index (χ4n) is 8.48. The fraction of sp³-hybridized carbons (Fsp3) is 0.0189. The van der Waals surface area contributed by atoms with Crippen molar-refractivity contribution in [1.29, 1.82) is 0 Å². The van der Waals surface area contributed by atoms with Crippen molar-refractivity contribution in [2.45, 2.75) is 5.41 Å². The van der Waals surface area contributed by atoms with Gasteiger partial charge in [-0.15, -0.1) is 0 Å². The fourth-order valence-corrected chi connectivity index (χ4v) is 8.48. The van der Waals surface area contributed by atoms with E-state index in [4.69, 9.17) is 11.3 Å². The predicted molar refractivity (Wildman–Crippen MR) is 231 cm³/mol. The molecule has 0 bridgehead atoms. The number of hydrogen-bond donors (Lipinski definition) is 0. The van der Waals surface area contributed by atoms with Gasteiger partial charge in [-0.2, -0.15) is 0 Å². The lowest BCUT2D eigenvalue weighted by molar-refractivity contribution is 0.441. The SMILES string of the molecule is C=C/C=C\C(=C)C(=C)/C=C\C(=C)N(c1ccccc1-c1ccccc1)c1cccc2c1-c1ccccc1C21c2ccccc2Oc2c1ccc1ccccc21. The molecule has 1 aliphatic carbocycles. The van der Waals surface area contributed by atoms with Gasteiger partial charge in [-0.05, 0) is 63.1 Å². The minimum Gasteiger partial charge on any atom is -0.456 e. The summed E-state index contributed by atoms with van der Waals surface area (Å²) >= 11 is 0. The zero-order chi connectivity index (χ0) is 37.5. The van der Waals surface area contributed by atoms with E-state index in [0.717, 1.165) is 78.3 Å². The van der Waals surface area contributed by atoms with E-state index in [-0.39, 0.29) is 0 Å². The first-order valence-corrected chi connectivity index (χ1v) is 18.5. The van der Waals surface area contributed by atoms with E-state index in [9.17, 15) is 0 Å². The molecule has 0 radical (unpaired) electrons. The maximum Gasteiger partial charge on any atom is 0.140 e. The van der Waals surface area contributed by atoms with Gasteiger partial charge in [0.2, 0.25) is 0 Å². The highest BCUT2D eigenvalue weighted by Crippen LogP contribution is 2.64. The zero-order valence-corrected chi connectivity index (χ0v) is 30.6. The van der Waals surface area contributed by atoms with E-state index in [0.29, 0.717) is 0 Å². The van der Waals surface area contributed by atoms with Crippen LogP contribution in [0.3, 0.4) is 0 Å². The first-order valence-electron chi connectivity index (χ1n) is 18.5. The second-order valence-electron chi connectivity index (χ2n) is 13.9. The van der Waals surface area contributed by atoms with Crippen molar-refractivity contribution in [3.05, 3.63) is 254 Å². The summed E-state index contributed by atoms with van der Waals surface area (Å²) < 4.78 is 6.90. The molecular weight excluding hydrogens is 667 g/mol. The summed E-state index contributed by atoms with van der Waals surface area (Å²) in [7, 11) is 0. The molecule has 262 valence electrons. The minimum absolute atomic E-state index is 0.637. The Morgan fingerprint density at radius 1 is 0.527 bits per heavy atom. The Hall–Kier alpha value is -7.16. The molecule has 0 saturated heterocycles. The molecule has 1 atom stereocenters. The Balaban J connectivity index is 1.33. The maximum absolute atomic E-state index is 6.90. The summed E-state index contributed by atoms with van der Waals surface area (Å²) in [5.74, 6) is 1.76. The minimum atomic E-state index is -0.637. The van der Waals surface area contributed by atoms with Crippen molar-refractivity contribution in [3.8, 4) is 33.8 Å². The molecule has 0 N–H and O–H groups in total. The van der Waals surface area contributed by atoms with Gasteiger partial charge >= 0.3 is 0 Å². The van der Waals surface area contributed by atoms with Crippen molar-refractivity contribution in [2.75, 3.05) is 4.90 Å². The van der Waals surface area contributed by atoms with Crippen LogP contribution in [0.1, 0.15) is 22.3 Å². The Kier molecular flexibility index (Phi) is 8.37. The number of rotatable bonds is 9. The number of para-hydroxylation sites is 2. The van der Waals surface area contributed by atoms with Crippen LogP contribution in [0.5, 0.6) is 11.5 Å². The van der Waals surface area contributed by atoms with Crippen molar-refractivity contribution < 1.29 is 4.74 Å². The maximum atomic E-state index is 6.90. The number of nitrogens with zero attached hydrogens (tertiary/aromatic N) is 1. The van der Waals surface area contributed by atoms with Crippen molar-refractivity contribution in [1.82, 2.24) is 0 Å². The van der Waals surface area contributed by atoms with Gasteiger partial charge < -0.3 is 9.64 Å². The van der Waals surface area contributed by atoms with Crippen LogP contribution in [-0.4, -0.2) is 0 Å². The Bertz CT molecular complexity index is 2760. The lowest BCUT2D eigenvalue weighted by Gasteiger charge is -2.40. The first kappa shape index (κ1) is 33.7. The lowest BCUT2D eigenvalue weighted by Crippen LogP contribution is -2.32. The molecule has 2 heteroatoms. The van der Waals surface area contributed by atoms with Crippen LogP contribution in [0.2, 0.25) is 0 Å². The van der Waals surface area contributed by atoms with Gasteiger partial charge in [0, 0.05) is 33.3 Å². The summed E-state index contributed by atoms with van der Waals surface area (Å²) in [5.41, 5.74) is 13.0. The average molecular weight is 706 g/mol. The monoisotopic (exact) mass is 705 g/mol. The van der Waals surface area contributed by atoms with E-state index in [1.54, 1.807) is 6.08 Å². The van der Waals surface area contributed by atoms with E-state index in [1.807, 2.05) is 24.3 Å². The van der Waals surface area contributed by atoms with Crippen LogP contribution < -0.4 is 9.64 Å². The van der Waals surface area contributed by atoms with Gasteiger partial charge in [0.1, 0.15) is 11.5 Å². The van der Waals surface area contributed by atoms with Crippen LogP contribution in [0, 0.1) is 0 Å². The molecule has 0 fully saturated rings. The number of benzene rings is 7. The van der Waals surface area contributed by atoms with E-state index in [1.165, 1.54) is 16.7 Å². The molecular formula is C53H39NO. The summed E-state index contributed by atoms with van der Waals surface area (Å²) in [5, 5.41) is 2.24. The molecule has 2 aliphatic rings. The molecule has 0 aromatic heterocycles. The van der Waals surface area contributed by atoms with Gasteiger partial charge in [0.25, 0.3) is 0 Å². The van der Waals surface area contributed by atoms with E-state index >= 15 is 0 Å². The second kappa shape index (κ2) is 13.7. The van der Waals surface area contributed by atoms with Crippen LogP contribution >= 0.6 is 0 Å². The standard InChI is InChI=1S/C53H39NO/c1-5-6-19-36(2)37(3)32-33-38(4)54(48-29-16-13-23-41(48)39-20-8-7-9-21-39)49-30-18-28-46-51(49)43-25-12-14-26-44(43)53(46)45-27-15-17-31-50(45)55-52-42-24-11-10-22-40(42)34-35-47(52)53/h5-35H,1-4H2/b19-6-,33-32-. The van der Waals surface area contributed by atoms with Crippen LogP contribution in [0.25, 0.3) is 33.0 Å². The normalized spacial score (nSPS) is 14.9. The number of allylic oxidation sites excluding steroid dienone is 7. The number of fused-ring (bicyclic) bond motifs is 11. The molecule has 1 aliphatic heterocycles. The zero-order valence-electron chi connectivity index (χ0n) is 30.6. The highest BCUT2D eigenvalue weighted by molar-refractivity contribution is 6.00. The Morgan fingerprint density at radius 3 is 2.02 bits per heavy atom. The second-order valence-corrected chi connectivity index (χ2v) is 13.9. The van der Waals surface area contributed by atoms with Crippen molar-refractivity contribution >= 4 is 22.1 Å². The summed E-state index contributed by atoms with van der Waals surface area (Å²) in [6, 6.07) is 56.2. The molecule has 0 amide bonds. The topological polar surface area (TPSA) is 12.5 Å². The molecule has 9 rings (SSSR count). The lowest BCUT2D eigenvalue weighted by atomic mass is 9.65. The van der Waals surface area contributed by atoms with Crippen LogP contribution in [-0.2, 0) is 5.41 Å². The Morgan fingerprint density at radius 2 is 1.18 bits per heavy atom. The van der Waals surface area contributed by atoms with Crippen molar-refractivity contribution in [3.63, 3.8) is 0 Å². The van der Waals surface area contributed by atoms with Gasteiger partial charge in [0.15, 0.2) is 0 Å². The van der Waals surface area contributed by atoms with Gasteiger partial charge in [-0.3, -0.25) is 0 Å². The smallest absolute Gasteiger partial charge is 0.140 e. The molecule has 0 saturated carbocycles. The molecule has 7 aromatic rings. The van der Waals surface area contributed by atoms with Gasteiger partial charge in [-0.1, -0.05) is 190 Å². The van der Waals surface area contributed by atoms with Gasteiger partial charge in [0.05, 0.1) is 16.8 Å². The number of anilines is 2. The molecule has 1 heterocycles. The molecule has 1 spiro atoms. The van der Waals surface area contributed by atoms with Gasteiger partial charge in [-0.25, -0.2) is 0 Å². The summed E-state index contributed by atoms with van der Waals surface area (Å²) in [6.45, 7) is 17.1. The summed E-state index contributed by atoms with van der Waals surface area (Å²) in [6.07, 6.45) is 9.55. The van der Waals surface area contributed by atoms with Crippen LogP contribution in [0.4, 0.5) is 11.4 Å². The third kappa shape index (κ3) is 5.34. The average Bonchev–Trinajstić information content (AvgIpc) is 3.53. The van der Waals surface area contributed by atoms with E-state index < -0.39 is 5.41 Å². The summed E-state index contributed by atoms with van der Waals surface area (Å²) in [4.78, 5) is 2.30. The third-order valence-corrected chi connectivity index (χ3v) is 10.9. The largest absolute Gasteiger partial charge is 0.456 e. The molecule has 55 heavy (non-hydrogen) atoms. The highest BCUT2D eigenvalue weighted by Gasteiger charge is 2.52. The first-order chi connectivity index (χ1) is 27.0. The highest BCUT2D eigenvalue weighted by atomic mass is 16.5. The molecule has 2 nitrogen and oxygen atoms in total. The van der Waals surface area contributed by atoms with Crippen LogP contribution in [0.15, 0.2) is 231 Å². The van der Waals surface area contributed by atoms with Crippen molar-refractivity contribution in [2.24, 2.45) is 0 Å². The Labute approximate surface area is 323 Å². The molecule has 7 aromatic carbocycles. The predicted octanol–water partition coefficient (Wildman–Crippen LogP) is 14.0. The quantitative estimate of drug-likeness (QED) is 0.139. The molecule has 1 unspecified atom stereocenters. The number of hydrogen-bond acceptors (Lipinski definition) is 2. The van der Waals surface area contributed by atoms with E-state index in [2.05, 4.69) is 182 Å².